The maximum atomic E-state index is 11.6. The van der Waals surface area contributed by atoms with Gasteiger partial charge in [-0.25, -0.2) is 4.79 Å². The normalized spacial score (nSPS) is 14.9. The van der Waals surface area contributed by atoms with E-state index < -0.39 is 0 Å². The molecule has 0 spiro atoms. The van der Waals surface area contributed by atoms with E-state index in [1.165, 1.54) is 18.4 Å². The molecule has 0 bridgehead atoms. The Balaban J connectivity index is 1.90. The maximum absolute atomic E-state index is 11.6. The topological polar surface area (TPSA) is 41.1 Å². The summed E-state index contributed by atoms with van der Waals surface area (Å²) < 4.78 is 0. The van der Waals surface area contributed by atoms with Gasteiger partial charge in [0.2, 0.25) is 0 Å². The number of allylic oxidation sites excluding steroid dienone is 1. The van der Waals surface area contributed by atoms with E-state index in [2.05, 4.69) is 10.6 Å². The van der Waals surface area contributed by atoms with Crippen LogP contribution in [0.5, 0.6) is 0 Å². The van der Waals surface area contributed by atoms with Gasteiger partial charge >= 0.3 is 6.03 Å². The first kappa shape index (κ1) is 11.7. The molecule has 0 aromatic heterocycles. The summed E-state index contributed by atoms with van der Waals surface area (Å²) in [5, 5.41) is 5.56. The van der Waals surface area contributed by atoms with Crippen LogP contribution in [-0.4, -0.2) is 6.03 Å². The molecule has 1 aromatic rings. The van der Waals surface area contributed by atoms with Gasteiger partial charge in [-0.1, -0.05) is 18.2 Å². The highest BCUT2D eigenvalue weighted by atomic mass is 16.2. The molecule has 0 aliphatic heterocycles. The Kier molecular flexibility index (Phi) is 3.47. The highest BCUT2D eigenvalue weighted by Gasteiger charge is 2.17. The van der Waals surface area contributed by atoms with Gasteiger partial charge in [-0.15, -0.1) is 0 Å². The van der Waals surface area contributed by atoms with Crippen molar-refractivity contribution >= 4 is 11.7 Å². The molecule has 1 aliphatic carbocycles. The zero-order valence-corrected chi connectivity index (χ0v) is 10.3. The van der Waals surface area contributed by atoms with Crippen molar-refractivity contribution in [3.05, 3.63) is 41.6 Å². The maximum Gasteiger partial charge on any atom is 0.323 e. The Bertz CT molecular complexity index is 448. The summed E-state index contributed by atoms with van der Waals surface area (Å²) in [6.07, 6.45) is 6.27. The van der Waals surface area contributed by atoms with Crippen molar-refractivity contribution in [2.24, 2.45) is 5.92 Å². The number of aryl methyl sites for hydroxylation is 1. The number of urea groups is 1. The fourth-order valence-corrected chi connectivity index (χ4v) is 1.59. The van der Waals surface area contributed by atoms with Crippen LogP contribution in [-0.2, 0) is 0 Å². The number of amides is 2. The largest absolute Gasteiger partial charge is 0.323 e. The van der Waals surface area contributed by atoms with Crippen molar-refractivity contribution in [3.8, 4) is 0 Å². The second kappa shape index (κ2) is 5.04. The van der Waals surface area contributed by atoms with Crippen molar-refractivity contribution in [1.82, 2.24) is 5.32 Å². The van der Waals surface area contributed by atoms with Gasteiger partial charge in [0.25, 0.3) is 0 Å². The molecular formula is C14H18N2O. The van der Waals surface area contributed by atoms with Crippen molar-refractivity contribution < 1.29 is 4.79 Å². The predicted molar refractivity (Wildman–Crippen MR) is 69.9 cm³/mol. The molecule has 0 radical (unpaired) electrons. The summed E-state index contributed by atoms with van der Waals surface area (Å²) >= 11 is 0. The number of nitrogens with one attached hydrogen (secondary N) is 2. The molecule has 3 nitrogen and oxygen atoms in total. The summed E-state index contributed by atoms with van der Waals surface area (Å²) in [5.41, 5.74) is 3.15. The first-order valence-corrected chi connectivity index (χ1v) is 5.97. The number of carbonyl (C=O) groups is 1. The van der Waals surface area contributed by atoms with Gasteiger partial charge in [0.05, 0.1) is 0 Å². The summed E-state index contributed by atoms with van der Waals surface area (Å²) in [7, 11) is 0. The van der Waals surface area contributed by atoms with Crippen LogP contribution in [0.15, 0.2) is 30.5 Å². The Hall–Kier alpha value is -1.77. The molecule has 2 rings (SSSR count). The predicted octanol–water partition coefficient (Wildman–Crippen LogP) is 3.35. The van der Waals surface area contributed by atoms with E-state index in [0.717, 1.165) is 11.3 Å². The first-order valence-electron chi connectivity index (χ1n) is 5.97. The molecule has 90 valence electrons. The third-order valence-corrected chi connectivity index (χ3v) is 3.06. The number of hydrogen-bond donors (Lipinski definition) is 2. The Labute approximate surface area is 102 Å². The summed E-state index contributed by atoms with van der Waals surface area (Å²) in [6.45, 7) is 4.04. The fraction of sp³-hybridized carbons (Fsp3) is 0.357. The average molecular weight is 230 g/mol. The van der Waals surface area contributed by atoms with E-state index >= 15 is 0 Å². The van der Waals surface area contributed by atoms with E-state index in [1.807, 2.05) is 38.1 Å². The van der Waals surface area contributed by atoms with Crippen molar-refractivity contribution in [3.63, 3.8) is 0 Å². The third kappa shape index (κ3) is 3.34. The molecule has 0 atom stereocenters. The Morgan fingerprint density at radius 2 is 2.12 bits per heavy atom. The van der Waals surface area contributed by atoms with Crippen LogP contribution >= 0.6 is 0 Å². The molecular weight excluding hydrogens is 212 g/mol. The van der Waals surface area contributed by atoms with Crippen LogP contribution in [0.2, 0.25) is 0 Å². The molecule has 17 heavy (non-hydrogen) atoms. The smallest absolute Gasteiger partial charge is 0.315 e. The average Bonchev–Trinajstić information content (AvgIpc) is 3.09. The fourth-order valence-electron chi connectivity index (χ4n) is 1.59. The minimum Gasteiger partial charge on any atom is -0.315 e. The molecule has 0 heterocycles. The van der Waals surface area contributed by atoms with Crippen LogP contribution in [0.4, 0.5) is 10.5 Å². The minimum absolute atomic E-state index is 0.185. The third-order valence-electron chi connectivity index (χ3n) is 3.06. The van der Waals surface area contributed by atoms with Crippen LogP contribution in [0, 0.1) is 19.8 Å². The van der Waals surface area contributed by atoms with E-state index in [1.54, 1.807) is 6.20 Å². The van der Waals surface area contributed by atoms with Gasteiger partial charge < -0.3 is 10.6 Å². The second-order valence-electron chi connectivity index (χ2n) is 4.54. The first-order chi connectivity index (χ1) is 8.16. The van der Waals surface area contributed by atoms with E-state index in [-0.39, 0.29) is 6.03 Å². The molecule has 0 unspecified atom stereocenters. The number of benzene rings is 1. The lowest BCUT2D eigenvalue weighted by Gasteiger charge is -2.09. The minimum atomic E-state index is -0.185. The molecule has 0 saturated heterocycles. The van der Waals surface area contributed by atoms with E-state index in [9.17, 15) is 4.79 Å². The van der Waals surface area contributed by atoms with Crippen LogP contribution < -0.4 is 10.6 Å². The summed E-state index contributed by atoms with van der Waals surface area (Å²) in [6, 6.07) is 5.70. The standard InChI is InChI=1S/C14H18N2O/c1-10-4-3-5-13(11(10)2)16-14(17)15-9-8-12-6-7-12/h3-5,8-9,12H,6-7H2,1-2H3,(H2,15,16,17)/b9-8+. The monoisotopic (exact) mass is 230 g/mol. The second-order valence-corrected chi connectivity index (χ2v) is 4.54. The zero-order chi connectivity index (χ0) is 12.3. The highest BCUT2D eigenvalue weighted by molar-refractivity contribution is 5.90. The zero-order valence-electron chi connectivity index (χ0n) is 10.3. The van der Waals surface area contributed by atoms with Crippen LogP contribution in [0.3, 0.4) is 0 Å². The molecule has 1 aliphatic rings. The lowest BCUT2D eigenvalue weighted by Crippen LogP contribution is -2.24. The summed E-state index contributed by atoms with van der Waals surface area (Å²) in [5.74, 6) is 0.677. The molecule has 2 N–H and O–H groups in total. The number of rotatable bonds is 3. The Morgan fingerprint density at radius 1 is 1.35 bits per heavy atom. The number of carbonyl (C=O) groups excluding carboxylic acids is 1. The lowest BCUT2D eigenvalue weighted by molar-refractivity contribution is 0.255. The van der Waals surface area contributed by atoms with Crippen LogP contribution in [0.25, 0.3) is 0 Å². The summed E-state index contributed by atoms with van der Waals surface area (Å²) in [4.78, 5) is 11.6. The van der Waals surface area contributed by atoms with Gasteiger partial charge in [0.15, 0.2) is 0 Å². The van der Waals surface area contributed by atoms with Gasteiger partial charge in [-0.3, -0.25) is 0 Å². The van der Waals surface area contributed by atoms with E-state index in [0.29, 0.717) is 5.92 Å². The van der Waals surface area contributed by atoms with Crippen LogP contribution in [0.1, 0.15) is 24.0 Å². The molecule has 3 heteroatoms. The Morgan fingerprint density at radius 3 is 2.82 bits per heavy atom. The van der Waals surface area contributed by atoms with Crippen molar-refractivity contribution in [2.45, 2.75) is 26.7 Å². The number of anilines is 1. The molecule has 1 fully saturated rings. The molecule has 1 saturated carbocycles. The van der Waals surface area contributed by atoms with E-state index in [4.69, 9.17) is 0 Å². The van der Waals surface area contributed by atoms with Gasteiger partial charge in [-0.05, 0) is 49.8 Å². The number of hydrogen-bond acceptors (Lipinski definition) is 1. The SMILES string of the molecule is Cc1cccc(NC(=O)N/C=C/C2CC2)c1C. The molecule has 2 amide bonds. The van der Waals surface area contributed by atoms with Gasteiger partial charge in [0.1, 0.15) is 0 Å². The van der Waals surface area contributed by atoms with Crippen molar-refractivity contribution in [1.29, 1.82) is 0 Å². The van der Waals surface area contributed by atoms with Gasteiger partial charge in [0, 0.05) is 11.9 Å². The van der Waals surface area contributed by atoms with Crippen molar-refractivity contribution in [2.75, 3.05) is 5.32 Å². The highest BCUT2D eigenvalue weighted by Crippen LogP contribution is 2.29. The quantitative estimate of drug-likeness (QED) is 0.821. The molecule has 1 aromatic carbocycles. The lowest BCUT2D eigenvalue weighted by atomic mass is 10.1. The van der Waals surface area contributed by atoms with Gasteiger partial charge in [-0.2, -0.15) is 0 Å².